The molecular weight excluding hydrogens is 406 g/mol. The van der Waals surface area contributed by atoms with E-state index in [2.05, 4.69) is 16.0 Å². The van der Waals surface area contributed by atoms with Crippen LogP contribution in [0.15, 0.2) is 0 Å². The Morgan fingerprint density at radius 3 is 2.17 bits per heavy atom. The van der Waals surface area contributed by atoms with Gasteiger partial charge in [0.1, 0.15) is 6.04 Å². The summed E-state index contributed by atoms with van der Waals surface area (Å²) in [5.74, 6) is -3.65. The Hall–Kier alpha value is -2.38. The topological polar surface area (TPSA) is 214 Å². The predicted molar refractivity (Wildman–Crippen MR) is 106 cm³/mol. The SMILES string of the molecule is CSCC[C@H](NC(=O)CNC(=O)[C@@H](N)CCC(N)=O)C(=O)N[C@H](C(=O)O)[C@@H](C)O. The maximum atomic E-state index is 12.3. The van der Waals surface area contributed by atoms with Gasteiger partial charge in [-0.05, 0) is 31.8 Å². The molecule has 12 nitrogen and oxygen atoms in total. The molecule has 0 aliphatic carbocycles. The molecule has 0 radical (unpaired) electrons. The van der Waals surface area contributed by atoms with Gasteiger partial charge in [-0.1, -0.05) is 0 Å². The number of aliphatic hydroxyl groups excluding tert-OH is 1. The van der Waals surface area contributed by atoms with E-state index in [1.807, 2.05) is 0 Å². The van der Waals surface area contributed by atoms with Gasteiger partial charge >= 0.3 is 5.97 Å². The van der Waals surface area contributed by atoms with E-state index in [0.29, 0.717) is 5.75 Å². The maximum absolute atomic E-state index is 12.3. The first-order chi connectivity index (χ1) is 13.5. The van der Waals surface area contributed by atoms with Gasteiger partial charge in [-0.3, -0.25) is 19.2 Å². The van der Waals surface area contributed by atoms with Crippen LogP contribution in [0, 0.1) is 0 Å². The van der Waals surface area contributed by atoms with Crippen LogP contribution in [-0.4, -0.2) is 82.6 Å². The normalized spacial score (nSPS) is 14.8. The molecule has 0 aromatic carbocycles. The van der Waals surface area contributed by atoms with Crippen molar-refractivity contribution in [1.82, 2.24) is 16.0 Å². The molecule has 0 heterocycles. The van der Waals surface area contributed by atoms with Crippen molar-refractivity contribution in [3.8, 4) is 0 Å². The van der Waals surface area contributed by atoms with E-state index in [4.69, 9.17) is 16.6 Å². The number of rotatable bonds is 14. The highest BCUT2D eigenvalue weighted by atomic mass is 32.2. The number of carboxylic acids is 1. The molecule has 0 spiro atoms. The van der Waals surface area contributed by atoms with Crippen LogP contribution in [0.2, 0.25) is 0 Å². The van der Waals surface area contributed by atoms with Crippen molar-refractivity contribution < 1.29 is 34.2 Å². The smallest absolute Gasteiger partial charge is 0.328 e. The van der Waals surface area contributed by atoms with Gasteiger partial charge in [0.2, 0.25) is 23.6 Å². The number of thioether (sulfide) groups is 1. The van der Waals surface area contributed by atoms with Crippen LogP contribution in [0.4, 0.5) is 0 Å². The standard InChI is InChI=1S/C16H29N5O7S/c1-8(22)13(16(27)28)21-15(26)10(5-6-29-2)20-12(24)7-19-14(25)9(17)3-4-11(18)23/h8-10,13,22H,3-7,17H2,1-2H3,(H2,18,23)(H,19,25)(H,20,24)(H,21,26)(H,27,28)/t8-,9+,10+,13+/m1/s1. The van der Waals surface area contributed by atoms with Crippen LogP contribution < -0.4 is 27.4 Å². The summed E-state index contributed by atoms with van der Waals surface area (Å²) in [6.45, 7) is 0.746. The molecule has 0 aromatic heterocycles. The van der Waals surface area contributed by atoms with Crippen molar-refractivity contribution >= 4 is 41.4 Å². The molecule has 9 N–H and O–H groups in total. The average molecular weight is 436 g/mol. The number of nitrogens with two attached hydrogens (primary N) is 2. The lowest BCUT2D eigenvalue weighted by Crippen LogP contribution is -2.56. The minimum Gasteiger partial charge on any atom is -0.480 e. The molecule has 4 atom stereocenters. The van der Waals surface area contributed by atoms with E-state index in [9.17, 15) is 29.1 Å². The summed E-state index contributed by atoms with van der Waals surface area (Å²) in [5, 5.41) is 25.4. The van der Waals surface area contributed by atoms with E-state index in [1.54, 1.807) is 6.26 Å². The third kappa shape index (κ3) is 11.3. The second-order valence-electron chi connectivity index (χ2n) is 6.30. The molecule has 29 heavy (non-hydrogen) atoms. The summed E-state index contributed by atoms with van der Waals surface area (Å²) in [5.41, 5.74) is 10.6. The zero-order chi connectivity index (χ0) is 22.6. The Bertz CT molecular complexity index is 602. The lowest BCUT2D eigenvalue weighted by Gasteiger charge is -2.22. The van der Waals surface area contributed by atoms with Gasteiger partial charge in [0, 0.05) is 6.42 Å². The number of amides is 4. The van der Waals surface area contributed by atoms with Crippen molar-refractivity contribution in [1.29, 1.82) is 0 Å². The van der Waals surface area contributed by atoms with Crippen LogP contribution in [0.5, 0.6) is 0 Å². The number of aliphatic carboxylic acids is 1. The second-order valence-corrected chi connectivity index (χ2v) is 7.28. The van der Waals surface area contributed by atoms with Gasteiger partial charge in [0.25, 0.3) is 0 Å². The Morgan fingerprint density at radius 2 is 1.69 bits per heavy atom. The molecule has 0 saturated carbocycles. The van der Waals surface area contributed by atoms with E-state index in [1.165, 1.54) is 18.7 Å². The summed E-state index contributed by atoms with van der Waals surface area (Å²) in [6, 6.07) is -3.61. The molecule has 0 aliphatic rings. The van der Waals surface area contributed by atoms with Gasteiger partial charge in [-0.2, -0.15) is 11.8 Å². The van der Waals surface area contributed by atoms with Crippen LogP contribution in [-0.2, 0) is 24.0 Å². The fourth-order valence-electron chi connectivity index (χ4n) is 2.12. The number of aliphatic hydroxyl groups is 1. The third-order valence-corrected chi connectivity index (χ3v) is 4.41. The van der Waals surface area contributed by atoms with E-state index >= 15 is 0 Å². The van der Waals surface area contributed by atoms with Gasteiger partial charge in [-0.25, -0.2) is 4.79 Å². The summed E-state index contributed by atoms with van der Waals surface area (Å²) in [6.07, 6.45) is 0.607. The zero-order valence-corrected chi connectivity index (χ0v) is 17.2. The molecule has 0 aliphatic heterocycles. The first-order valence-corrected chi connectivity index (χ1v) is 10.2. The number of carbonyl (C=O) groups excluding carboxylic acids is 4. The molecule has 4 amide bonds. The Labute approximate surface area is 172 Å². The molecular formula is C16H29N5O7S. The quantitative estimate of drug-likeness (QED) is 0.147. The summed E-state index contributed by atoms with van der Waals surface area (Å²) in [7, 11) is 0. The van der Waals surface area contributed by atoms with E-state index in [-0.39, 0.29) is 19.3 Å². The summed E-state index contributed by atoms with van der Waals surface area (Å²) >= 11 is 1.41. The fourth-order valence-corrected chi connectivity index (χ4v) is 2.59. The highest BCUT2D eigenvalue weighted by molar-refractivity contribution is 7.98. The molecule has 0 bridgehead atoms. The van der Waals surface area contributed by atoms with Gasteiger partial charge in [-0.15, -0.1) is 0 Å². The fraction of sp³-hybridized carbons (Fsp3) is 0.688. The zero-order valence-electron chi connectivity index (χ0n) is 16.3. The monoisotopic (exact) mass is 435 g/mol. The van der Waals surface area contributed by atoms with Gasteiger partial charge in [0.15, 0.2) is 6.04 Å². The molecule has 13 heteroatoms. The number of nitrogens with one attached hydrogen (secondary N) is 3. The number of hydrogen-bond donors (Lipinski definition) is 7. The van der Waals surface area contributed by atoms with Crippen molar-refractivity contribution in [3.63, 3.8) is 0 Å². The first kappa shape index (κ1) is 26.6. The Balaban J connectivity index is 4.77. The van der Waals surface area contributed by atoms with Crippen LogP contribution in [0.1, 0.15) is 26.2 Å². The van der Waals surface area contributed by atoms with Crippen molar-refractivity contribution in [2.75, 3.05) is 18.6 Å². The van der Waals surface area contributed by atoms with Crippen LogP contribution >= 0.6 is 11.8 Å². The minimum atomic E-state index is -1.53. The number of primary amides is 1. The number of carboxylic acid groups (broad SMARTS) is 1. The van der Waals surface area contributed by atoms with E-state index < -0.39 is 60.4 Å². The molecule has 0 rings (SSSR count). The highest BCUT2D eigenvalue weighted by Gasteiger charge is 2.29. The lowest BCUT2D eigenvalue weighted by atomic mass is 10.1. The van der Waals surface area contributed by atoms with Gasteiger partial charge in [0.05, 0.1) is 18.7 Å². The van der Waals surface area contributed by atoms with Crippen molar-refractivity contribution in [2.24, 2.45) is 11.5 Å². The predicted octanol–water partition coefficient (Wildman–Crippen LogP) is -3.12. The third-order valence-electron chi connectivity index (χ3n) is 3.77. The largest absolute Gasteiger partial charge is 0.480 e. The van der Waals surface area contributed by atoms with Crippen molar-refractivity contribution in [3.05, 3.63) is 0 Å². The lowest BCUT2D eigenvalue weighted by molar-refractivity contribution is -0.145. The minimum absolute atomic E-state index is 0.0253. The van der Waals surface area contributed by atoms with Crippen LogP contribution in [0.3, 0.4) is 0 Å². The number of hydrogen-bond acceptors (Lipinski definition) is 8. The Kier molecular flexibility index (Phi) is 12.6. The molecule has 0 fully saturated rings. The second kappa shape index (κ2) is 13.7. The van der Waals surface area contributed by atoms with Gasteiger partial charge < -0.3 is 37.6 Å². The molecule has 0 saturated heterocycles. The average Bonchev–Trinajstić information content (AvgIpc) is 2.64. The maximum Gasteiger partial charge on any atom is 0.328 e. The van der Waals surface area contributed by atoms with Crippen LogP contribution in [0.25, 0.3) is 0 Å². The Morgan fingerprint density at radius 1 is 1.07 bits per heavy atom. The van der Waals surface area contributed by atoms with Crippen molar-refractivity contribution in [2.45, 2.75) is 50.4 Å². The summed E-state index contributed by atoms with van der Waals surface area (Å²) < 4.78 is 0. The molecule has 0 unspecified atom stereocenters. The highest BCUT2D eigenvalue weighted by Crippen LogP contribution is 2.03. The first-order valence-electron chi connectivity index (χ1n) is 8.80. The molecule has 166 valence electrons. The van der Waals surface area contributed by atoms with E-state index in [0.717, 1.165) is 0 Å². The summed E-state index contributed by atoms with van der Waals surface area (Å²) in [4.78, 5) is 58.0. The molecule has 0 aromatic rings. The number of carbonyl (C=O) groups is 5.